The fraction of sp³-hybridized carbons (Fsp3) is 1.00. The Kier molecular flexibility index (Phi) is 3.00. The molecule has 13 heavy (non-hydrogen) atoms. The molecule has 3 heteroatoms. The zero-order valence-electron chi connectivity index (χ0n) is 9.18. The van der Waals surface area contributed by atoms with Crippen molar-refractivity contribution in [2.24, 2.45) is 5.73 Å². The monoisotopic (exact) mass is 186 g/mol. The Morgan fingerprint density at radius 3 is 2.38 bits per heavy atom. The molecule has 1 aliphatic rings. The number of nitrogens with one attached hydrogen (secondary N) is 1. The summed E-state index contributed by atoms with van der Waals surface area (Å²) in [5.41, 5.74) is 5.38. The molecule has 0 aliphatic carbocycles. The average Bonchev–Trinajstić information content (AvgIpc) is 2.14. The van der Waals surface area contributed by atoms with E-state index in [4.69, 9.17) is 10.5 Å². The normalized spacial score (nSPS) is 30.7. The van der Waals surface area contributed by atoms with Gasteiger partial charge in [-0.2, -0.15) is 0 Å². The van der Waals surface area contributed by atoms with E-state index in [1.165, 1.54) is 0 Å². The Balaban J connectivity index is 2.54. The van der Waals surface area contributed by atoms with Gasteiger partial charge < -0.3 is 15.8 Å². The van der Waals surface area contributed by atoms with Gasteiger partial charge in [0.05, 0.1) is 11.2 Å². The lowest BCUT2D eigenvalue weighted by Crippen LogP contribution is -2.45. The van der Waals surface area contributed by atoms with Crippen molar-refractivity contribution >= 4 is 0 Å². The largest absolute Gasteiger partial charge is 0.368 e. The number of rotatable bonds is 3. The third kappa shape index (κ3) is 2.66. The first kappa shape index (κ1) is 11.0. The van der Waals surface area contributed by atoms with Crippen LogP contribution < -0.4 is 11.1 Å². The highest BCUT2D eigenvalue weighted by atomic mass is 16.5. The van der Waals surface area contributed by atoms with E-state index < -0.39 is 0 Å². The third-order valence-corrected chi connectivity index (χ3v) is 2.61. The summed E-state index contributed by atoms with van der Waals surface area (Å²) in [6.07, 6.45) is 1.06. The van der Waals surface area contributed by atoms with Gasteiger partial charge >= 0.3 is 0 Å². The van der Waals surface area contributed by atoms with Crippen LogP contribution in [-0.2, 0) is 4.74 Å². The molecule has 0 aromatic rings. The lowest BCUT2D eigenvalue weighted by molar-refractivity contribution is -0.0697. The predicted octanol–water partition coefficient (Wildman–Crippen LogP) is 0.881. The average molecular weight is 186 g/mol. The van der Waals surface area contributed by atoms with E-state index in [9.17, 15) is 0 Å². The summed E-state index contributed by atoms with van der Waals surface area (Å²) in [7, 11) is 0. The molecule has 0 saturated carbocycles. The second-order valence-electron chi connectivity index (χ2n) is 4.96. The first-order valence-corrected chi connectivity index (χ1v) is 5.01. The SMILES string of the molecule is CC1(C)CC(NCCN)C(C)(C)O1. The van der Waals surface area contributed by atoms with Gasteiger partial charge in [0.15, 0.2) is 0 Å². The first-order chi connectivity index (χ1) is 5.87. The summed E-state index contributed by atoms with van der Waals surface area (Å²) in [6, 6.07) is 0.422. The highest BCUT2D eigenvalue weighted by Crippen LogP contribution is 2.36. The summed E-state index contributed by atoms with van der Waals surface area (Å²) in [6.45, 7) is 10.1. The van der Waals surface area contributed by atoms with Crippen LogP contribution in [0.15, 0.2) is 0 Å². The van der Waals surface area contributed by atoms with Crippen molar-refractivity contribution in [1.29, 1.82) is 0 Å². The van der Waals surface area contributed by atoms with Crippen LogP contribution in [-0.4, -0.2) is 30.3 Å². The molecule has 1 heterocycles. The summed E-state index contributed by atoms with van der Waals surface area (Å²) >= 11 is 0. The van der Waals surface area contributed by atoms with Crippen LogP contribution in [0.1, 0.15) is 34.1 Å². The van der Waals surface area contributed by atoms with Crippen LogP contribution in [0.4, 0.5) is 0 Å². The molecule has 0 amide bonds. The predicted molar refractivity (Wildman–Crippen MR) is 54.7 cm³/mol. The van der Waals surface area contributed by atoms with Crippen molar-refractivity contribution in [2.75, 3.05) is 13.1 Å². The highest BCUT2D eigenvalue weighted by Gasteiger charge is 2.45. The van der Waals surface area contributed by atoms with E-state index >= 15 is 0 Å². The number of hydrogen-bond acceptors (Lipinski definition) is 3. The van der Waals surface area contributed by atoms with E-state index in [0.717, 1.165) is 13.0 Å². The molecule has 1 aliphatic heterocycles. The summed E-state index contributed by atoms with van der Waals surface area (Å²) in [4.78, 5) is 0. The van der Waals surface area contributed by atoms with E-state index in [-0.39, 0.29) is 11.2 Å². The molecule has 78 valence electrons. The van der Waals surface area contributed by atoms with Crippen LogP contribution in [0, 0.1) is 0 Å². The van der Waals surface area contributed by atoms with Gasteiger partial charge in [0.25, 0.3) is 0 Å². The summed E-state index contributed by atoms with van der Waals surface area (Å²) < 4.78 is 5.94. The smallest absolute Gasteiger partial charge is 0.0787 e. The van der Waals surface area contributed by atoms with Crippen molar-refractivity contribution in [3.05, 3.63) is 0 Å². The maximum absolute atomic E-state index is 5.94. The second kappa shape index (κ2) is 3.56. The van der Waals surface area contributed by atoms with Gasteiger partial charge in [0.2, 0.25) is 0 Å². The quantitative estimate of drug-likeness (QED) is 0.688. The van der Waals surface area contributed by atoms with Gasteiger partial charge in [-0.25, -0.2) is 0 Å². The van der Waals surface area contributed by atoms with Crippen LogP contribution in [0.25, 0.3) is 0 Å². The molecule has 1 rings (SSSR count). The van der Waals surface area contributed by atoms with Crippen LogP contribution in [0.3, 0.4) is 0 Å². The maximum atomic E-state index is 5.94. The lowest BCUT2D eigenvalue weighted by Gasteiger charge is -2.27. The standard InChI is InChI=1S/C10H22N2O/c1-9(2)7-8(12-6-5-11)10(3,4)13-9/h8,12H,5-7,11H2,1-4H3. The Morgan fingerprint density at radius 1 is 1.38 bits per heavy atom. The van der Waals surface area contributed by atoms with Crippen molar-refractivity contribution in [2.45, 2.75) is 51.4 Å². The minimum atomic E-state index is -0.0708. The van der Waals surface area contributed by atoms with E-state index in [1.54, 1.807) is 0 Å². The van der Waals surface area contributed by atoms with Crippen molar-refractivity contribution in [3.8, 4) is 0 Å². The number of ether oxygens (including phenoxy) is 1. The van der Waals surface area contributed by atoms with E-state index in [2.05, 4.69) is 33.0 Å². The molecular formula is C10H22N2O. The van der Waals surface area contributed by atoms with Gasteiger partial charge in [0.1, 0.15) is 0 Å². The first-order valence-electron chi connectivity index (χ1n) is 5.01. The molecule has 3 nitrogen and oxygen atoms in total. The molecule has 0 spiro atoms. The van der Waals surface area contributed by atoms with Crippen LogP contribution in [0.2, 0.25) is 0 Å². The highest BCUT2D eigenvalue weighted by molar-refractivity contribution is 4.98. The molecule has 1 unspecified atom stereocenters. The van der Waals surface area contributed by atoms with Crippen LogP contribution in [0.5, 0.6) is 0 Å². The maximum Gasteiger partial charge on any atom is 0.0787 e. The molecule has 0 aromatic heterocycles. The molecule has 1 saturated heterocycles. The molecule has 1 atom stereocenters. The number of nitrogens with two attached hydrogens (primary N) is 1. The molecule has 0 aromatic carbocycles. The van der Waals surface area contributed by atoms with E-state index in [1.807, 2.05) is 0 Å². The molecule has 0 bridgehead atoms. The van der Waals surface area contributed by atoms with Gasteiger partial charge in [-0.1, -0.05) is 0 Å². The zero-order valence-corrected chi connectivity index (χ0v) is 9.18. The Hall–Kier alpha value is -0.120. The molecule has 0 radical (unpaired) electrons. The number of hydrogen-bond donors (Lipinski definition) is 2. The minimum absolute atomic E-state index is 0.00420. The Labute approximate surface area is 81.0 Å². The molecule has 3 N–H and O–H groups in total. The van der Waals surface area contributed by atoms with E-state index in [0.29, 0.717) is 12.6 Å². The second-order valence-corrected chi connectivity index (χ2v) is 4.96. The van der Waals surface area contributed by atoms with Gasteiger partial charge in [0, 0.05) is 19.1 Å². The Bertz CT molecular complexity index is 178. The lowest BCUT2D eigenvalue weighted by atomic mass is 9.94. The summed E-state index contributed by atoms with van der Waals surface area (Å²) in [5, 5.41) is 3.43. The molecular weight excluding hydrogens is 164 g/mol. The Morgan fingerprint density at radius 2 is 2.00 bits per heavy atom. The van der Waals surface area contributed by atoms with Crippen molar-refractivity contribution in [1.82, 2.24) is 5.32 Å². The molecule has 1 fully saturated rings. The van der Waals surface area contributed by atoms with Gasteiger partial charge in [-0.05, 0) is 34.1 Å². The van der Waals surface area contributed by atoms with Crippen LogP contribution >= 0.6 is 0 Å². The fourth-order valence-corrected chi connectivity index (χ4v) is 2.14. The third-order valence-electron chi connectivity index (χ3n) is 2.61. The summed E-state index contributed by atoms with van der Waals surface area (Å²) in [5.74, 6) is 0. The van der Waals surface area contributed by atoms with Gasteiger partial charge in [-0.3, -0.25) is 0 Å². The minimum Gasteiger partial charge on any atom is -0.368 e. The van der Waals surface area contributed by atoms with Crippen molar-refractivity contribution in [3.63, 3.8) is 0 Å². The zero-order chi connectivity index (χ0) is 10.1. The van der Waals surface area contributed by atoms with Crippen molar-refractivity contribution < 1.29 is 4.74 Å². The topological polar surface area (TPSA) is 47.3 Å². The van der Waals surface area contributed by atoms with Gasteiger partial charge in [-0.15, -0.1) is 0 Å². The fourth-order valence-electron chi connectivity index (χ4n) is 2.14.